The van der Waals surface area contributed by atoms with Crippen LogP contribution >= 0.6 is 23.1 Å². The lowest BCUT2D eigenvalue weighted by atomic mass is 10.1. The third kappa shape index (κ3) is 6.49. The number of carbonyl (C=O) groups excluding carboxylic acids is 2. The van der Waals surface area contributed by atoms with Crippen molar-refractivity contribution in [2.24, 2.45) is 0 Å². The zero-order valence-electron chi connectivity index (χ0n) is 19.6. The molecule has 0 aliphatic heterocycles. The van der Waals surface area contributed by atoms with Gasteiger partial charge in [-0.25, -0.2) is 4.98 Å². The highest BCUT2D eigenvalue weighted by atomic mass is 32.2. The van der Waals surface area contributed by atoms with Crippen molar-refractivity contribution in [2.45, 2.75) is 24.0 Å². The molecular weight excluding hydrogens is 478 g/mol. The molecule has 8 heteroatoms. The molecule has 6 nitrogen and oxygen atoms in total. The van der Waals surface area contributed by atoms with Crippen molar-refractivity contribution in [1.82, 2.24) is 4.98 Å². The molecule has 4 aromatic rings. The lowest BCUT2D eigenvalue weighted by Crippen LogP contribution is -2.22. The van der Waals surface area contributed by atoms with Crippen LogP contribution in [0.4, 0.5) is 10.8 Å². The van der Waals surface area contributed by atoms with E-state index < -0.39 is 0 Å². The number of nitrogens with zero attached hydrogens (tertiary/aromatic N) is 1. The Kier molecular flexibility index (Phi) is 7.84. The second kappa shape index (κ2) is 11.2. The third-order valence-corrected chi connectivity index (χ3v) is 7.06. The number of carbonyl (C=O) groups is 2. The molecule has 35 heavy (non-hydrogen) atoms. The summed E-state index contributed by atoms with van der Waals surface area (Å²) >= 11 is 2.80. The predicted molar refractivity (Wildman–Crippen MR) is 144 cm³/mol. The van der Waals surface area contributed by atoms with Gasteiger partial charge >= 0.3 is 0 Å². The molecule has 2 amide bonds. The van der Waals surface area contributed by atoms with E-state index in [0.717, 1.165) is 27.5 Å². The summed E-state index contributed by atoms with van der Waals surface area (Å²) in [4.78, 5) is 30.7. The van der Waals surface area contributed by atoms with Gasteiger partial charge in [0.05, 0.1) is 18.1 Å². The first-order chi connectivity index (χ1) is 16.9. The fourth-order valence-electron chi connectivity index (χ4n) is 3.25. The van der Waals surface area contributed by atoms with E-state index in [4.69, 9.17) is 4.74 Å². The van der Waals surface area contributed by atoms with Crippen LogP contribution in [-0.2, 0) is 4.79 Å². The normalized spacial score (nSPS) is 11.5. The number of hydrogen-bond donors (Lipinski definition) is 2. The number of amides is 2. The Hall–Kier alpha value is -3.62. The van der Waals surface area contributed by atoms with Gasteiger partial charge in [0.15, 0.2) is 5.13 Å². The standard InChI is InChI=1S/C27H25N3O3S2/c1-17-7-9-20(10-8-17)26(32)28-21-5-4-6-23(15-21)35-18(2)25(31)30-27-29-24(16-34-27)19-11-13-22(33-3)14-12-19/h4-16,18H,1-3H3,(H,28,32)(H,29,30,31). The number of methoxy groups -OCH3 is 1. The van der Waals surface area contributed by atoms with Crippen molar-refractivity contribution in [3.8, 4) is 17.0 Å². The summed E-state index contributed by atoms with van der Waals surface area (Å²) in [5.74, 6) is 0.469. The van der Waals surface area contributed by atoms with E-state index in [9.17, 15) is 9.59 Å². The van der Waals surface area contributed by atoms with Crippen LogP contribution in [0.15, 0.2) is 83.1 Å². The summed E-state index contributed by atoms with van der Waals surface area (Å²) in [5, 5.41) is 7.92. The van der Waals surface area contributed by atoms with Crippen LogP contribution in [0.1, 0.15) is 22.8 Å². The Labute approximate surface area is 212 Å². The maximum atomic E-state index is 12.8. The molecule has 3 aromatic carbocycles. The van der Waals surface area contributed by atoms with Crippen LogP contribution in [0.2, 0.25) is 0 Å². The Morgan fingerprint density at radius 3 is 2.46 bits per heavy atom. The average Bonchev–Trinajstić information content (AvgIpc) is 3.33. The van der Waals surface area contributed by atoms with Crippen LogP contribution in [-0.4, -0.2) is 29.2 Å². The molecule has 1 aromatic heterocycles. The highest BCUT2D eigenvalue weighted by Crippen LogP contribution is 2.29. The summed E-state index contributed by atoms with van der Waals surface area (Å²) in [7, 11) is 1.63. The Bertz CT molecular complexity index is 1320. The quantitative estimate of drug-likeness (QED) is 0.268. The van der Waals surface area contributed by atoms with E-state index in [2.05, 4.69) is 15.6 Å². The third-order valence-electron chi connectivity index (χ3n) is 5.21. The van der Waals surface area contributed by atoms with Gasteiger partial charge in [-0.05, 0) is 68.4 Å². The SMILES string of the molecule is COc1ccc(-c2csc(NC(=O)C(C)Sc3cccc(NC(=O)c4ccc(C)cc4)c3)n2)cc1. The number of benzene rings is 3. The molecule has 0 fully saturated rings. The second-order valence-corrected chi connectivity index (χ2v) is 10.1. The summed E-state index contributed by atoms with van der Waals surface area (Å²) in [6, 6.07) is 22.5. The molecule has 0 bridgehead atoms. The topological polar surface area (TPSA) is 80.3 Å². The van der Waals surface area contributed by atoms with Crippen LogP contribution in [0.25, 0.3) is 11.3 Å². The van der Waals surface area contributed by atoms with Gasteiger partial charge in [0, 0.05) is 27.1 Å². The van der Waals surface area contributed by atoms with Gasteiger partial charge in [-0.2, -0.15) is 0 Å². The van der Waals surface area contributed by atoms with Gasteiger partial charge in [-0.15, -0.1) is 23.1 Å². The maximum absolute atomic E-state index is 12.8. The number of rotatable bonds is 8. The Morgan fingerprint density at radius 1 is 1.00 bits per heavy atom. The molecule has 1 heterocycles. The number of anilines is 2. The number of thiazole rings is 1. The minimum Gasteiger partial charge on any atom is -0.497 e. The first kappa shape index (κ1) is 24.5. The Morgan fingerprint density at radius 2 is 1.74 bits per heavy atom. The summed E-state index contributed by atoms with van der Waals surface area (Å²) in [5.41, 5.74) is 4.12. The number of hydrogen-bond acceptors (Lipinski definition) is 6. The second-order valence-electron chi connectivity index (χ2n) is 7.86. The Balaban J connectivity index is 1.35. The van der Waals surface area contributed by atoms with Crippen LogP contribution in [0.3, 0.4) is 0 Å². The lowest BCUT2D eigenvalue weighted by Gasteiger charge is -2.12. The zero-order chi connectivity index (χ0) is 24.8. The molecule has 0 aliphatic rings. The van der Waals surface area contributed by atoms with Crippen molar-refractivity contribution >= 4 is 45.7 Å². The van der Waals surface area contributed by atoms with Crippen LogP contribution in [0, 0.1) is 6.92 Å². The average molecular weight is 504 g/mol. The number of aromatic nitrogens is 1. The predicted octanol–water partition coefficient (Wildman–Crippen LogP) is 6.50. The maximum Gasteiger partial charge on any atom is 0.255 e. The van der Waals surface area contributed by atoms with Gasteiger partial charge in [0.1, 0.15) is 5.75 Å². The van der Waals surface area contributed by atoms with Crippen molar-refractivity contribution in [3.05, 3.63) is 89.3 Å². The van der Waals surface area contributed by atoms with Gasteiger partial charge in [0.25, 0.3) is 5.91 Å². The number of nitrogens with one attached hydrogen (secondary N) is 2. The van der Waals surface area contributed by atoms with E-state index in [1.807, 2.05) is 79.9 Å². The molecule has 1 atom stereocenters. The molecule has 0 saturated heterocycles. The zero-order valence-corrected chi connectivity index (χ0v) is 21.2. The molecule has 178 valence electrons. The number of thioether (sulfide) groups is 1. The van der Waals surface area contributed by atoms with Crippen molar-refractivity contribution in [2.75, 3.05) is 17.7 Å². The van der Waals surface area contributed by atoms with E-state index in [1.165, 1.54) is 23.1 Å². The summed E-state index contributed by atoms with van der Waals surface area (Å²) < 4.78 is 5.19. The van der Waals surface area contributed by atoms with E-state index in [-0.39, 0.29) is 17.1 Å². The summed E-state index contributed by atoms with van der Waals surface area (Å²) in [6.07, 6.45) is 0. The van der Waals surface area contributed by atoms with Crippen LogP contribution < -0.4 is 15.4 Å². The minimum absolute atomic E-state index is 0.139. The monoisotopic (exact) mass is 503 g/mol. The van der Waals surface area contributed by atoms with Gasteiger partial charge in [-0.1, -0.05) is 23.8 Å². The van der Waals surface area contributed by atoms with Crippen molar-refractivity contribution < 1.29 is 14.3 Å². The van der Waals surface area contributed by atoms with E-state index in [0.29, 0.717) is 16.4 Å². The number of ether oxygens (including phenoxy) is 1. The number of aryl methyl sites for hydroxylation is 1. The molecule has 2 N–H and O–H groups in total. The highest BCUT2D eigenvalue weighted by Gasteiger charge is 2.17. The summed E-state index contributed by atoms with van der Waals surface area (Å²) in [6.45, 7) is 3.82. The van der Waals surface area contributed by atoms with E-state index in [1.54, 1.807) is 19.2 Å². The molecule has 1 unspecified atom stereocenters. The fraction of sp³-hybridized carbons (Fsp3) is 0.148. The minimum atomic E-state index is -0.355. The molecule has 0 saturated carbocycles. The first-order valence-corrected chi connectivity index (χ1v) is 12.7. The smallest absolute Gasteiger partial charge is 0.255 e. The molecule has 0 spiro atoms. The van der Waals surface area contributed by atoms with Crippen molar-refractivity contribution in [1.29, 1.82) is 0 Å². The van der Waals surface area contributed by atoms with Crippen molar-refractivity contribution in [3.63, 3.8) is 0 Å². The molecule has 0 aliphatic carbocycles. The van der Waals surface area contributed by atoms with Gasteiger partial charge in [0.2, 0.25) is 5.91 Å². The van der Waals surface area contributed by atoms with Gasteiger partial charge < -0.3 is 15.4 Å². The van der Waals surface area contributed by atoms with Crippen LogP contribution in [0.5, 0.6) is 5.75 Å². The largest absolute Gasteiger partial charge is 0.497 e. The lowest BCUT2D eigenvalue weighted by molar-refractivity contribution is -0.115. The highest BCUT2D eigenvalue weighted by molar-refractivity contribution is 8.00. The van der Waals surface area contributed by atoms with E-state index >= 15 is 0 Å². The first-order valence-electron chi connectivity index (χ1n) is 11.0. The molecular formula is C27H25N3O3S2. The molecule has 0 radical (unpaired) electrons. The van der Waals surface area contributed by atoms with Gasteiger partial charge in [-0.3, -0.25) is 9.59 Å². The fourth-order valence-corrected chi connectivity index (χ4v) is 4.89. The molecule has 4 rings (SSSR count).